The molecule has 0 saturated carbocycles. The number of aromatic carboxylic acids is 1. The number of rotatable bonds is 10. The third kappa shape index (κ3) is 6.45. The minimum atomic E-state index is -1.12. The van der Waals surface area contributed by atoms with Crippen molar-refractivity contribution in [2.75, 3.05) is 7.11 Å². The Hall–Kier alpha value is -5.55. The van der Waals surface area contributed by atoms with Crippen LogP contribution in [0.1, 0.15) is 52.4 Å². The van der Waals surface area contributed by atoms with Gasteiger partial charge in [0, 0.05) is 22.2 Å². The van der Waals surface area contributed by atoms with E-state index in [2.05, 4.69) is 5.10 Å². The van der Waals surface area contributed by atoms with E-state index in [1.54, 1.807) is 43.5 Å². The maximum absolute atomic E-state index is 13.9. The maximum Gasteiger partial charge on any atom is 0.335 e. The van der Waals surface area contributed by atoms with Gasteiger partial charge in [-0.05, 0) is 72.0 Å². The zero-order valence-corrected chi connectivity index (χ0v) is 26.1. The normalized spacial score (nSPS) is 11.3. The van der Waals surface area contributed by atoms with E-state index in [4.69, 9.17) is 26.1 Å². The number of carbonyl (C=O) groups is 1. The third-order valence-electron chi connectivity index (χ3n) is 7.32. The van der Waals surface area contributed by atoms with Gasteiger partial charge in [0.2, 0.25) is 5.75 Å². The molecule has 0 radical (unpaired) electrons. The summed E-state index contributed by atoms with van der Waals surface area (Å²) >= 11 is 6.27. The Kier molecular flexibility index (Phi) is 9.15. The number of methoxy groups -OCH3 is 1. The number of carboxylic acid groups (broad SMARTS) is 1. The number of halogens is 1. The van der Waals surface area contributed by atoms with Crippen LogP contribution in [-0.4, -0.2) is 39.0 Å². The molecule has 0 unspecified atom stereocenters. The molecule has 234 valence electrons. The Morgan fingerprint density at radius 1 is 1.13 bits per heavy atom. The molecule has 1 heterocycles. The van der Waals surface area contributed by atoms with Gasteiger partial charge in [-0.3, -0.25) is 14.9 Å². The number of nitro benzene ring substituents is 1. The highest BCUT2D eigenvalue weighted by molar-refractivity contribution is 6.31. The first kappa shape index (κ1) is 31.9. The summed E-state index contributed by atoms with van der Waals surface area (Å²) in [7, 11) is 1.60. The highest BCUT2D eigenvalue weighted by Crippen LogP contribution is 2.36. The first-order chi connectivity index (χ1) is 22.0. The summed E-state index contributed by atoms with van der Waals surface area (Å²) in [6.45, 7) is 5.75. The van der Waals surface area contributed by atoms with E-state index >= 15 is 0 Å². The summed E-state index contributed by atoms with van der Waals surface area (Å²) in [4.78, 5) is 41.5. The zero-order valence-electron chi connectivity index (χ0n) is 25.4. The van der Waals surface area contributed by atoms with E-state index < -0.39 is 22.1 Å². The number of hydrogen-bond acceptors (Lipinski definition) is 8. The molecular formula is C34H29ClN4O7. The SMILES string of the molecule is COc1cc(C)c(-c2nc3ccccc3c(=O)n2N=Cc2cc(Cl)cc([N+](=O)[O-])c2OCc2cccc(C(=O)O)c2)cc1C(C)C. The Morgan fingerprint density at radius 3 is 2.59 bits per heavy atom. The fourth-order valence-corrected chi connectivity index (χ4v) is 5.25. The molecule has 0 aliphatic rings. The minimum Gasteiger partial charge on any atom is -0.496 e. The van der Waals surface area contributed by atoms with Crippen molar-refractivity contribution < 1.29 is 24.3 Å². The van der Waals surface area contributed by atoms with Gasteiger partial charge in [-0.1, -0.05) is 49.7 Å². The Bertz CT molecular complexity index is 2090. The maximum atomic E-state index is 13.9. The van der Waals surface area contributed by atoms with Gasteiger partial charge in [0.1, 0.15) is 12.4 Å². The van der Waals surface area contributed by atoms with Crippen LogP contribution < -0.4 is 15.0 Å². The van der Waals surface area contributed by atoms with Crippen LogP contribution >= 0.6 is 11.6 Å². The summed E-state index contributed by atoms with van der Waals surface area (Å²) in [5, 5.41) is 26.3. The fraction of sp³-hybridized carbons (Fsp3) is 0.176. The average molecular weight is 641 g/mol. The lowest BCUT2D eigenvalue weighted by molar-refractivity contribution is -0.385. The number of aromatic nitrogens is 2. The van der Waals surface area contributed by atoms with Crippen molar-refractivity contribution >= 4 is 40.4 Å². The lowest BCUT2D eigenvalue weighted by Crippen LogP contribution is -2.21. The van der Waals surface area contributed by atoms with Gasteiger partial charge >= 0.3 is 11.7 Å². The third-order valence-corrected chi connectivity index (χ3v) is 7.54. The molecule has 1 aromatic heterocycles. The number of benzene rings is 4. The first-order valence-corrected chi connectivity index (χ1v) is 14.5. The molecule has 5 rings (SSSR count). The molecular weight excluding hydrogens is 612 g/mol. The zero-order chi connectivity index (χ0) is 33.1. The van der Waals surface area contributed by atoms with E-state index in [1.807, 2.05) is 32.9 Å². The van der Waals surface area contributed by atoms with E-state index in [0.717, 1.165) is 21.9 Å². The van der Waals surface area contributed by atoms with Gasteiger partial charge in [0.05, 0.1) is 34.7 Å². The smallest absolute Gasteiger partial charge is 0.335 e. The number of hydrogen-bond donors (Lipinski definition) is 1. The molecule has 0 amide bonds. The van der Waals surface area contributed by atoms with Crippen molar-refractivity contribution in [3.8, 4) is 22.9 Å². The monoisotopic (exact) mass is 640 g/mol. The van der Waals surface area contributed by atoms with Crippen molar-refractivity contribution in [3.63, 3.8) is 0 Å². The van der Waals surface area contributed by atoms with Crippen molar-refractivity contribution in [1.29, 1.82) is 0 Å². The molecule has 0 aliphatic carbocycles. The number of para-hydroxylation sites is 1. The molecule has 1 N–H and O–H groups in total. The van der Waals surface area contributed by atoms with Crippen molar-refractivity contribution in [2.45, 2.75) is 33.3 Å². The number of aryl methyl sites for hydroxylation is 1. The molecule has 12 heteroatoms. The van der Waals surface area contributed by atoms with Crippen LogP contribution in [0.15, 0.2) is 82.7 Å². The van der Waals surface area contributed by atoms with E-state index in [-0.39, 0.29) is 40.2 Å². The summed E-state index contributed by atoms with van der Waals surface area (Å²) in [6.07, 6.45) is 1.26. The molecule has 0 spiro atoms. The number of nitro groups is 1. The highest BCUT2D eigenvalue weighted by Gasteiger charge is 2.22. The Balaban J connectivity index is 1.68. The number of nitrogens with zero attached hydrogens (tertiary/aromatic N) is 4. The molecule has 5 aromatic rings. The Labute approximate surface area is 268 Å². The second-order valence-electron chi connectivity index (χ2n) is 10.8. The van der Waals surface area contributed by atoms with Crippen LogP contribution in [0.4, 0.5) is 5.69 Å². The van der Waals surface area contributed by atoms with E-state index in [0.29, 0.717) is 27.8 Å². The second-order valence-corrected chi connectivity index (χ2v) is 11.2. The molecule has 4 aromatic carbocycles. The number of fused-ring (bicyclic) bond motifs is 1. The predicted molar refractivity (Wildman–Crippen MR) is 176 cm³/mol. The van der Waals surface area contributed by atoms with Gasteiger partial charge in [-0.2, -0.15) is 9.78 Å². The number of carboxylic acids is 1. The summed E-state index contributed by atoms with van der Waals surface area (Å²) < 4.78 is 12.6. The van der Waals surface area contributed by atoms with Crippen LogP contribution in [0.3, 0.4) is 0 Å². The van der Waals surface area contributed by atoms with Crippen LogP contribution in [0.2, 0.25) is 5.02 Å². The van der Waals surface area contributed by atoms with E-state index in [1.165, 1.54) is 24.4 Å². The summed E-state index contributed by atoms with van der Waals surface area (Å²) in [6, 6.07) is 19.3. The molecule has 0 saturated heterocycles. The molecule has 11 nitrogen and oxygen atoms in total. The van der Waals surface area contributed by atoms with Gasteiger partial charge < -0.3 is 14.6 Å². The fourth-order valence-electron chi connectivity index (χ4n) is 5.03. The highest BCUT2D eigenvalue weighted by atomic mass is 35.5. The van der Waals surface area contributed by atoms with Gasteiger partial charge in [-0.25, -0.2) is 9.78 Å². The topological polar surface area (TPSA) is 146 Å². The number of ether oxygens (including phenoxy) is 2. The quantitative estimate of drug-likeness (QED) is 0.0956. The van der Waals surface area contributed by atoms with Crippen LogP contribution in [0.25, 0.3) is 22.3 Å². The largest absolute Gasteiger partial charge is 0.496 e. The summed E-state index contributed by atoms with van der Waals surface area (Å²) in [5.41, 5.74) is 2.57. The lowest BCUT2D eigenvalue weighted by Gasteiger charge is -2.17. The lowest BCUT2D eigenvalue weighted by atomic mass is 9.96. The predicted octanol–water partition coefficient (Wildman–Crippen LogP) is 7.22. The van der Waals surface area contributed by atoms with Crippen LogP contribution in [0.5, 0.6) is 11.5 Å². The van der Waals surface area contributed by atoms with Gasteiger partial charge in [0.15, 0.2) is 5.82 Å². The first-order valence-electron chi connectivity index (χ1n) is 14.2. The Morgan fingerprint density at radius 2 is 1.89 bits per heavy atom. The molecule has 46 heavy (non-hydrogen) atoms. The molecule has 0 aliphatic heterocycles. The summed E-state index contributed by atoms with van der Waals surface area (Å²) in [5.74, 6) is -0.223. The average Bonchev–Trinajstić information content (AvgIpc) is 3.03. The van der Waals surface area contributed by atoms with Crippen LogP contribution in [0, 0.1) is 17.0 Å². The van der Waals surface area contributed by atoms with Crippen molar-refractivity contribution in [1.82, 2.24) is 9.66 Å². The second kappa shape index (κ2) is 13.2. The van der Waals surface area contributed by atoms with Gasteiger partial charge in [-0.15, -0.1) is 0 Å². The standard InChI is InChI=1S/C34H29ClN4O7/c1-19(2)26-16-27(20(3)12-30(26)45-4)32-37-28-11-6-5-10-25(28)33(40)38(32)36-17-23-14-24(35)15-29(39(43)44)31(23)46-18-21-8-7-9-22(13-21)34(41)42/h5-17,19H,18H2,1-4H3,(H,41,42). The molecule has 0 atom stereocenters. The van der Waals surface area contributed by atoms with Crippen molar-refractivity contribution in [2.24, 2.45) is 5.10 Å². The minimum absolute atomic E-state index is 0.0404. The van der Waals surface area contributed by atoms with Crippen molar-refractivity contribution in [3.05, 3.63) is 126 Å². The van der Waals surface area contributed by atoms with E-state index in [9.17, 15) is 24.8 Å². The molecule has 0 fully saturated rings. The molecule has 0 bridgehead atoms. The van der Waals surface area contributed by atoms with Gasteiger partial charge in [0.25, 0.3) is 5.56 Å². The van der Waals surface area contributed by atoms with Crippen LogP contribution in [-0.2, 0) is 6.61 Å².